The van der Waals surface area contributed by atoms with Crippen molar-refractivity contribution in [2.45, 2.75) is 38.6 Å². The van der Waals surface area contributed by atoms with E-state index in [9.17, 15) is 0 Å². The highest BCUT2D eigenvalue weighted by Gasteiger charge is 2.27. The molecule has 0 saturated heterocycles. The van der Waals surface area contributed by atoms with Crippen molar-refractivity contribution in [2.75, 3.05) is 0 Å². The molecule has 1 aromatic rings. The van der Waals surface area contributed by atoms with E-state index in [2.05, 4.69) is 34.3 Å². The molecule has 84 valence electrons. The first-order valence-electron chi connectivity index (χ1n) is 5.64. The molecule has 1 aromatic heterocycles. The number of thiophene rings is 1. The molecule has 0 bridgehead atoms. The molecule has 0 amide bonds. The predicted octanol–water partition coefficient (Wildman–Crippen LogP) is 3.82. The van der Waals surface area contributed by atoms with E-state index in [-0.39, 0.29) is 0 Å². The Morgan fingerprint density at radius 3 is 2.93 bits per heavy atom. The molecule has 1 aliphatic carbocycles. The van der Waals surface area contributed by atoms with Crippen LogP contribution in [0.5, 0.6) is 0 Å². The quantitative estimate of drug-likeness (QED) is 0.899. The highest BCUT2D eigenvalue weighted by molar-refractivity contribution is 9.10. The molecule has 1 nitrogen and oxygen atoms in total. The highest BCUT2D eigenvalue weighted by atomic mass is 79.9. The van der Waals surface area contributed by atoms with E-state index < -0.39 is 0 Å². The molecule has 0 aromatic carbocycles. The summed E-state index contributed by atoms with van der Waals surface area (Å²) in [7, 11) is 0. The van der Waals surface area contributed by atoms with Gasteiger partial charge in [-0.2, -0.15) is 0 Å². The zero-order valence-electron chi connectivity index (χ0n) is 9.08. The van der Waals surface area contributed by atoms with Crippen LogP contribution in [0.15, 0.2) is 15.9 Å². The maximum atomic E-state index is 6.29. The number of hydrogen-bond acceptors (Lipinski definition) is 2. The Kier molecular flexibility index (Phi) is 3.86. The monoisotopic (exact) mass is 287 g/mol. The third kappa shape index (κ3) is 2.83. The van der Waals surface area contributed by atoms with E-state index in [0.29, 0.717) is 6.04 Å². The molecular weight excluding hydrogens is 270 g/mol. The largest absolute Gasteiger partial charge is 0.327 e. The second kappa shape index (κ2) is 4.98. The molecule has 1 aliphatic rings. The van der Waals surface area contributed by atoms with Crippen LogP contribution in [0.1, 0.15) is 31.1 Å². The molecule has 3 atom stereocenters. The number of rotatable bonds is 3. The van der Waals surface area contributed by atoms with Crippen LogP contribution in [0.2, 0.25) is 0 Å². The van der Waals surface area contributed by atoms with Crippen molar-refractivity contribution >= 4 is 27.3 Å². The Bertz CT molecular complexity index is 323. The topological polar surface area (TPSA) is 26.0 Å². The Morgan fingerprint density at radius 1 is 1.60 bits per heavy atom. The van der Waals surface area contributed by atoms with Crippen molar-refractivity contribution in [2.24, 2.45) is 17.6 Å². The summed E-state index contributed by atoms with van der Waals surface area (Å²) >= 11 is 5.38. The van der Waals surface area contributed by atoms with Crippen molar-refractivity contribution in [1.82, 2.24) is 0 Å². The first kappa shape index (κ1) is 11.6. The SMILES string of the molecule is CC1CCC(C(N)Cc2sccc2Br)C1. The molecule has 1 saturated carbocycles. The minimum absolute atomic E-state index is 0.352. The molecule has 0 radical (unpaired) electrons. The van der Waals surface area contributed by atoms with Crippen molar-refractivity contribution in [3.05, 3.63) is 20.8 Å². The standard InChI is InChI=1S/C12H18BrNS/c1-8-2-3-9(6-8)11(14)7-12-10(13)4-5-15-12/h4-5,8-9,11H,2-3,6-7,14H2,1H3. The lowest BCUT2D eigenvalue weighted by atomic mass is 9.95. The average Bonchev–Trinajstić information content (AvgIpc) is 2.77. The molecule has 1 fully saturated rings. The fourth-order valence-corrected chi connectivity index (χ4v) is 4.08. The van der Waals surface area contributed by atoms with Crippen molar-refractivity contribution in [3.8, 4) is 0 Å². The first-order chi connectivity index (χ1) is 7.16. The van der Waals surface area contributed by atoms with E-state index in [0.717, 1.165) is 18.3 Å². The summed E-state index contributed by atoms with van der Waals surface area (Å²) in [5, 5.41) is 2.13. The van der Waals surface area contributed by atoms with Crippen LogP contribution in [0.25, 0.3) is 0 Å². The smallest absolute Gasteiger partial charge is 0.0314 e. The van der Waals surface area contributed by atoms with Gasteiger partial charge in [0.1, 0.15) is 0 Å². The van der Waals surface area contributed by atoms with Crippen LogP contribution in [0, 0.1) is 11.8 Å². The van der Waals surface area contributed by atoms with Gasteiger partial charge in [-0.15, -0.1) is 11.3 Å². The molecule has 3 heteroatoms. The Hall–Kier alpha value is 0.140. The second-order valence-electron chi connectivity index (χ2n) is 4.74. The summed E-state index contributed by atoms with van der Waals surface area (Å²) in [6.07, 6.45) is 5.05. The third-order valence-electron chi connectivity index (χ3n) is 3.45. The van der Waals surface area contributed by atoms with Crippen LogP contribution in [0.4, 0.5) is 0 Å². The normalized spacial score (nSPS) is 28.2. The molecule has 0 aliphatic heterocycles. The van der Waals surface area contributed by atoms with Gasteiger partial charge in [-0.1, -0.05) is 13.3 Å². The Morgan fingerprint density at radius 2 is 2.40 bits per heavy atom. The van der Waals surface area contributed by atoms with Gasteiger partial charge in [-0.05, 0) is 58.5 Å². The van der Waals surface area contributed by atoms with Crippen LogP contribution in [-0.2, 0) is 6.42 Å². The van der Waals surface area contributed by atoms with Gasteiger partial charge in [0.2, 0.25) is 0 Å². The van der Waals surface area contributed by atoms with E-state index in [1.54, 1.807) is 0 Å². The summed E-state index contributed by atoms with van der Waals surface area (Å²) in [5.41, 5.74) is 6.29. The minimum atomic E-state index is 0.352. The summed E-state index contributed by atoms with van der Waals surface area (Å²) < 4.78 is 1.23. The lowest BCUT2D eigenvalue weighted by Gasteiger charge is -2.18. The highest BCUT2D eigenvalue weighted by Crippen LogP contribution is 2.34. The van der Waals surface area contributed by atoms with Gasteiger partial charge < -0.3 is 5.73 Å². The molecule has 0 spiro atoms. The number of hydrogen-bond donors (Lipinski definition) is 1. The van der Waals surface area contributed by atoms with E-state index in [4.69, 9.17) is 5.73 Å². The van der Waals surface area contributed by atoms with Crippen LogP contribution in [-0.4, -0.2) is 6.04 Å². The lowest BCUT2D eigenvalue weighted by Crippen LogP contribution is -2.30. The van der Waals surface area contributed by atoms with Gasteiger partial charge in [0.25, 0.3) is 0 Å². The van der Waals surface area contributed by atoms with E-state index in [1.165, 1.54) is 28.6 Å². The van der Waals surface area contributed by atoms with Gasteiger partial charge in [-0.25, -0.2) is 0 Å². The summed E-state index contributed by atoms with van der Waals surface area (Å²) in [6.45, 7) is 2.34. The van der Waals surface area contributed by atoms with Crippen molar-refractivity contribution in [1.29, 1.82) is 0 Å². The van der Waals surface area contributed by atoms with E-state index >= 15 is 0 Å². The summed E-state index contributed by atoms with van der Waals surface area (Å²) in [6, 6.07) is 2.47. The van der Waals surface area contributed by atoms with Crippen molar-refractivity contribution in [3.63, 3.8) is 0 Å². The van der Waals surface area contributed by atoms with Gasteiger partial charge in [0.15, 0.2) is 0 Å². The maximum absolute atomic E-state index is 6.29. The van der Waals surface area contributed by atoms with Crippen LogP contribution in [0.3, 0.4) is 0 Å². The molecular formula is C12H18BrNS. The summed E-state index contributed by atoms with van der Waals surface area (Å²) in [4.78, 5) is 1.40. The molecule has 15 heavy (non-hydrogen) atoms. The Labute approximate surface area is 104 Å². The third-order valence-corrected chi connectivity index (χ3v) is 5.40. The zero-order valence-corrected chi connectivity index (χ0v) is 11.5. The summed E-state index contributed by atoms with van der Waals surface area (Å²) in [5.74, 6) is 1.63. The van der Waals surface area contributed by atoms with Gasteiger partial charge in [0, 0.05) is 15.4 Å². The maximum Gasteiger partial charge on any atom is 0.0314 e. The molecule has 2 rings (SSSR count). The van der Waals surface area contributed by atoms with E-state index in [1.807, 2.05) is 11.3 Å². The first-order valence-corrected chi connectivity index (χ1v) is 7.31. The van der Waals surface area contributed by atoms with Crippen LogP contribution < -0.4 is 5.73 Å². The number of halogens is 1. The predicted molar refractivity (Wildman–Crippen MR) is 70.2 cm³/mol. The number of nitrogens with two attached hydrogens (primary N) is 1. The van der Waals surface area contributed by atoms with Crippen LogP contribution >= 0.6 is 27.3 Å². The second-order valence-corrected chi connectivity index (χ2v) is 6.59. The van der Waals surface area contributed by atoms with Crippen molar-refractivity contribution < 1.29 is 0 Å². The lowest BCUT2D eigenvalue weighted by molar-refractivity contribution is 0.416. The molecule has 1 heterocycles. The Balaban J connectivity index is 1.92. The fourth-order valence-electron chi connectivity index (χ4n) is 2.49. The fraction of sp³-hybridized carbons (Fsp3) is 0.667. The minimum Gasteiger partial charge on any atom is -0.327 e. The molecule has 3 unspecified atom stereocenters. The van der Waals surface area contributed by atoms with Gasteiger partial charge in [-0.3, -0.25) is 0 Å². The molecule has 2 N–H and O–H groups in total. The zero-order chi connectivity index (χ0) is 10.8. The average molecular weight is 288 g/mol. The van der Waals surface area contributed by atoms with Gasteiger partial charge >= 0.3 is 0 Å². The van der Waals surface area contributed by atoms with Gasteiger partial charge in [0.05, 0.1) is 0 Å².